The van der Waals surface area contributed by atoms with Gasteiger partial charge in [-0.2, -0.15) is 0 Å². The van der Waals surface area contributed by atoms with Crippen LogP contribution in [0.3, 0.4) is 0 Å². The molecule has 1 unspecified atom stereocenters. The molecule has 0 aliphatic carbocycles. The van der Waals surface area contributed by atoms with E-state index in [-0.39, 0.29) is 17.3 Å². The molecule has 0 aliphatic rings. The Kier molecular flexibility index (Phi) is 4.93. The van der Waals surface area contributed by atoms with Crippen LogP contribution in [0.15, 0.2) is 18.2 Å². The van der Waals surface area contributed by atoms with Gasteiger partial charge in [0.2, 0.25) is 0 Å². The SMILES string of the molecule is CCC(C)(CO)NC(=O)Nc1cc(F)ccc1Cl. The number of carbonyl (C=O) groups excluding carboxylic acids is 1. The predicted molar refractivity (Wildman–Crippen MR) is 69.3 cm³/mol. The van der Waals surface area contributed by atoms with Gasteiger partial charge in [-0.3, -0.25) is 0 Å². The second-order valence-corrected chi connectivity index (χ2v) is 4.68. The van der Waals surface area contributed by atoms with Crippen LogP contribution in [0.4, 0.5) is 14.9 Å². The molecule has 6 heteroatoms. The number of carbonyl (C=O) groups is 1. The lowest BCUT2D eigenvalue weighted by Gasteiger charge is -2.27. The third-order valence-corrected chi connectivity index (χ3v) is 3.05. The van der Waals surface area contributed by atoms with E-state index in [1.54, 1.807) is 6.92 Å². The van der Waals surface area contributed by atoms with Crippen LogP contribution in [-0.4, -0.2) is 23.3 Å². The number of hydrogen-bond acceptors (Lipinski definition) is 2. The molecule has 0 heterocycles. The Morgan fingerprint density at radius 1 is 1.56 bits per heavy atom. The molecule has 0 aliphatic heterocycles. The zero-order valence-corrected chi connectivity index (χ0v) is 11.0. The molecule has 0 saturated heterocycles. The van der Waals surface area contributed by atoms with Gasteiger partial charge < -0.3 is 15.7 Å². The summed E-state index contributed by atoms with van der Waals surface area (Å²) in [6.45, 7) is 3.36. The van der Waals surface area contributed by atoms with Gasteiger partial charge in [0.05, 0.1) is 22.9 Å². The van der Waals surface area contributed by atoms with E-state index in [2.05, 4.69) is 10.6 Å². The molecule has 0 aromatic heterocycles. The summed E-state index contributed by atoms with van der Waals surface area (Å²) in [4.78, 5) is 11.7. The molecule has 100 valence electrons. The van der Waals surface area contributed by atoms with Gasteiger partial charge in [-0.1, -0.05) is 18.5 Å². The fourth-order valence-corrected chi connectivity index (χ4v) is 1.43. The first-order valence-electron chi connectivity index (χ1n) is 5.55. The second kappa shape index (κ2) is 6.02. The van der Waals surface area contributed by atoms with Gasteiger partial charge in [0.15, 0.2) is 0 Å². The fourth-order valence-electron chi connectivity index (χ4n) is 1.26. The smallest absolute Gasteiger partial charge is 0.319 e. The molecule has 2 amide bonds. The van der Waals surface area contributed by atoms with Gasteiger partial charge in [0, 0.05) is 0 Å². The van der Waals surface area contributed by atoms with Crippen LogP contribution in [0, 0.1) is 5.82 Å². The minimum Gasteiger partial charge on any atom is -0.394 e. The highest BCUT2D eigenvalue weighted by Crippen LogP contribution is 2.22. The number of aliphatic hydroxyl groups excluding tert-OH is 1. The Hall–Kier alpha value is -1.33. The van der Waals surface area contributed by atoms with Crippen LogP contribution < -0.4 is 10.6 Å². The lowest BCUT2D eigenvalue weighted by Crippen LogP contribution is -2.50. The molecule has 3 N–H and O–H groups in total. The molecule has 1 rings (SSSR count). The first-order valence-corrected chi connectivity index (χ1v) is 5.93. The monoisotopic (exact) mass is 274 g/mol. The topological polar surface area (TPSA) is 61.4 Å². The summed E-state index contributed by atoms with van der Waals surface area (Å²) in [5.74, 6) is -0.491. The van der Waals surface area contributed by atoms with Crippen molar-refractivity contribution >= 4 is 23.3 Å². The van der Waals surface area contributed by atoms with E-state index in [4.69, 9.17) is 11.6 Å². The number of aliphatic hydroxyl groups is 1. The number of urea groups is 1. The summed E-state index contributed by atoms with van der Waals surface area (Å²) >= 11 is 5.82. The quantitative estimate of drug-likeness (QED) is 0.791. The molecule has 0 spiro atoms. The Labute approximate surface area is 110 Å². The van der Waals surface area contributed by atoms with E-state index < -0.39 is 17.4 Å². The van der Waals surface area contributed by atoms with Crippen molar-refractivity contribution in [3.63, 3.8) is 0 Å². The molecule has 4 nitrogen and oxygen atoms in total. The second-order valence-electron chi connectivity index (χ2n) is 4.28. The Morgan fingerprint density at radius 2 is 2.22 bits per heavy atom. The van der Waals surface area contributed by atoms with Crippen molar-refractivity contribution in [2.24, 2.45) is 0 Å². The minimum absolute atomic E-state index is 0.186. The summed E-state index contributed by atoms with van der Waals surface area (Å²) < 4.78 is 13.0. The minimum atomic E-state index is -0.718. The summed E-state index contributed by atoms with van der Waals surface area (Å²) in [5.41, 5.74) is -0.533. The molecular weight excluding hydrogens is 259 g/mol. The molecule has 1 atom stereocenters. The molecule has 1 aromatic rings. The molecule has 0 fully saturated rings. The molecule has 18 heavy (non-hydrogen) atoms. The highest BCUT2D eigenvalue weighted by Gasteiger charge is 2.23. The van der Waals surface area contributed by atoms with E-state index in [1.807, 2.05) is 6.92 Å². The Balaban J connectivity index is 2.73. The zero-order valence-electron chi connectivity index (χ0n) is 10.3. The van der Waals surface area contributed by atoms with Gasteiger partial charge >= 0.3 is 6.03 Å². The summed E-state index contributed by atoms with van der Waals surface area (Å²) in [7, 11) is 0. The van der Waals surface area contributed by atoms with Crippen molar-refractivity contribution in [1.29, 1.82) is 0 Å². The predicted octanol–water partition coefficient (Wildman–Crippen LogP) is 2.76. The number of benzene rings is 1. The lowest BCUT2D eigenvalue weighted by molar-refractivity contribution is 0.172. The van der Waals surface area contributed by atoms with Gasteiger partial charge in [0.1, 0.15) is 5.82 Å². The maximum Gasteiger partial charge on any atom is 0.319 e. The van der Waals surface area contributed by atoms with Crippen molar-refractivity contribution in [2.45, 2.75) is 25.8 Å². The van der Waals surface area contributed by atoms with Crippen LogP contribution in [0.1, 0.15) is 20.3 Å². The van der Waals surface area contributed by atoms with Crippen LogP contribution in [-0.2, 0) is 0 Å². The normalized spacial score (nSPS) is 13.8. The Bertz CT molecular complexity index is 436. The number of nitrogens with one attached hydrogen (secondary N) is 2. The van der Waals surface area contributed by atoms with Gasteiger partial charge in [-0.25, -0.2) is 9.18 Å². The van der Waals surface area contributed by atoms with Crippen LogP contribution in [0.2, 0.25) is 5.02 Å². The van der Waals surface area contributed by atoms with E-state index in [0.717, 1.165) is 6.07 Å². The van der Waals surface area contributed by atoms with Gasteiger partial charge in [-0.05, 0) is 31.5 Å². The highest BCUT2D eigenvalue weighted by atomic mass is 35.5. The van der Waals surface area contributed by atoms with Crippen LogP contribution in [0.5, 0.6) is 0 Å². The van der Waals surface area contributed by atoms with Crippen LogP contribution in [0.25, 0.3) is 0 Å². The number of anilines is 1. The number of hydrogen-bond donors (Lipinski definition) is 3. The van der Waals surface area contributed by atoms with Crippen molar-refractivity contribution < 1.29 is 14.3 Å². The average Bonchev–Trinajstić information content (AvgIpc) is 2.33. The number of halogens is 2. The average molecular weight is 275 g/mol. The number of amides is 2. The van der Waals surface area contributed by atoms with Crippen molar-refractivity contribution in [3.05, 3.63) is 29.0 Å². The lowest BCUT2D eigenvalue weighted by atomic mass is 10.0. The first-order chi connectivity index (χ1) is 8.40. The van der Waals surface area contributed by atoms with Crippen LogP contribution >= 0.6 is 11.6 Å². The summed E-state index contributed by atoms with van der Waals surface area (Å²) in [6, 6.07) is 3.15. The standard InChI is InChI=1S/C12H16ClFN2O2/c1-3-12(2,7-17)16-11(18)15-10-6-8(14)4-5-9(10)13/h4-6,17H,3,7H2,1-2H3,(H2,15,16,18). The van der Waals surface area contributed by atoms with E-state index in [9.17, 15) is 14.3 Å². The third kappa shape index (κ3) is 3.85. The molecule has 1 aromatic carbocycles. The summed E-state index contributed by atoms with van der Waals surface area (Å²) in [6.07, 6.45) is 0.563. The molecule has 0 radical (unpaired) electrons. The highest BCUT2D eigenvalue weighted by molar-refractivity contribution is 6.33. The first kappa shape index (κ1) is 14.7. The molecular formula is C12H16ClFN2O2. The summed E-state index contributed by atoms with van der Waals surface area (Å²) in [5, 5.41) is 14.5. The third-order valence-electron chi connectivity index (χ3n) is 2.72. The Morgan fingerprint density at radius 3 is 2.78 bits per heavy atom. The van der Waals surface area contributed by atoms with E-state index in [1.165, 1.54) is 12.1 Å². The fraction of sp³-hybridized carbons (Fsp3) is 0.417. The van der Waals surface area contributed by atoms with Crippen molar-refractivity contribution in [3.8, 4) is 0 Å². The van der Waals surface area contributed by atoms with Crippen molar-refractivity contribution in [1.82, 2.24) is 5.32 Å². The number of rotatable bonds is 4. The largest absolute Gasteiger partial charge is 0.394 e. The van der Waals surface area contributed by atoms with Crippen molar-refractivity contribution in [2.75, 3.05) is 11.9 Å². The maximum absolute atomic E-state index is 13.0. The van der Waals surface area contributed by atoms with Gasteiger partial charge in [-0.15, -0.1) is 0 Å². The van der Waals surface area contributed by atoms with Gasteiger partial charge in [0.25, 0.3) is 0 Å². The zero-order chi connectivity index (χ0) is 13.8. The maximum atomic E-state index is 13.0. The molecule has 0 bridgehead atoms. The van der Waals surface area contributed by atoms with E-state index in [0.29, 0.717) is 6.42 Å². The molecule has 0 saturated carbocycles. The van der Waals surface area contributed by atoms with E-state index >= 15 is 0 Å².